The van der Waals surface area contributed by atoms with Crippen molar-refractivity contribution in [1.82, 2.24) is 0 Å². The van der Waals surface area contributed by atoms with Gasteiger partial charge >= 0.3 is 0 Å². The van der Waals surface area contributed by atoms with Crippen LogP contribution in [0.3, 0.4) is 0 Å². The third-order valence-corrected chi connectivity index (χ3v) is 2.32. The van der Waals surface area contributed by atoms with E-state index in [2.05, 4.69) is 0 Å². The van der Waals surface area contributed by atoms with Crippen LogP contribution in [0, 0.1) is 10.1 Å². The fourth-order valence-corrected chi connectivity index (χ4v) is 1.54. The molecule has 0 unspecified atom stereocenters. The van der Waals surface area contributed by atoms with E-state index in [1.807, 2.05) is 0 Å². The van der Waals surface area contributed by atoms with E-state index in [4.69, 9.17) is 15.2 Å². The minimum atomic E-state index is -0.575. The number of nitrogens with one attached hydrogen (secondary N) is 1. The zero-order valence-electron chi connectivity index (χ0n) is 9.54. The Morgan fingerprint density at radius 1 is 1.33 bits per heavy atom. The first-order chi connectivity index (χ1) is 7.68. The molecule has 1 aliphatic heterocycles. The van der Waals surface area contributed by atoms with Crippen molar-refractivity contribution in [3.63, 3.8) is 0 Å². The molecule has 94 valence electrons. The molecule has 1 fully saturated rings. The van der Waals surface area contributed by atoms with Gasteiger partial charge in [0.05, 0.1) is 18.1 Å². The normalized spacial score (nSPS) is 15.3. The summed E-state index contributed by atoms with van der Waals surface area (Å²) in [7, 11) is 0. The molecule has 0 amide bonds. The molecule has 6 nitrogen and oxygen atoms in total. The van der Waals surface area contributed by atoms with E-state index in [-0.39, 0.29) is 62.6 Å². The Kier molecular flexibility index (Phi) is 8.26. The second-order valence-electron chi connectivity index (χ2n) is 3.46. The Morgan fingerprint density at radius 3 is 2.44 bits per heavy atom. The fourth-order valence-electron chi connectivity index (χ4n) is 1.54. The van der Waals surface area contributed by atoms with E-state index < -0.39 is 11.2 Å². The van der Waals surface area contributed by atoms with Crippen LogP contribution in [0.1, 0.15) is 18.3 Å². The minimum Gasteiger partial charge on any atom is -0.693 e. The number of rotatable bonds is 2. The topological polar surface area (TPSA) is 85.4 Å². The first kappa shape index (κ1) is 18.0. The average molecular weight is 363 g/mol. The Labute approximate surface area is 141 Å². The van der Waals surface area contributed by atoms with Crippen molar-refractivity contribution in [2.45, 2.75) is 12.7 Å². The van der Waals surface area contributed by atoms with Crippen LogP contribution in [0.4, 0.5) is 11.4 Å². The maximum absolute atomic E-state index is 10.5. The number of nitro benzene ring substituents is 1. The smallest absolute Gasteiger partial charge is 0.254 e. The standard InChI is InChI=1S/C10H11N2O4.V.Y/c11-8-6-7(2-3-9(8)12(13)14)10-15-4-1-5-16-10;;/h2-3,6,10-11H,1,4-5H2;;/q-1;;. The van der Waals surface area contributed by atoms with Crippen molar-refractivity contribution in [2.75, 3.05) is 13.2 Å². The molecule has 1 aromatic rings. The van der Waals surface area contributed by atoms with Gasteiger partial charge < -0.3 is 15.2 Å². The van der Waals surface area contributed by atoms with Crippen LogP contribution in [0.2, 0.25) is 0 Å². The van der Waals surface area contributed by atoms with Gasteiger partial charge in [0.2, 0.25) is 0 Å². The van der Waals surface area contributed by atoms with Crippen molar-refractivity contribution in [3.8, 4) is 0 Å². The maximum atomic E-state index is 10.5. The Bertz CT molecular complexity index is 413. The monoisotopic (exact) mass is 363 g/mol. The summed E-state index contributed by atoms with van der Waals surface area (Å²) in [6, 6.07) is 4.28. The molecular formula is C10H11N2O4VY-. The van der Waals surface area contributed by atoms with E-state index in [1.165, 1.54) is 12.1 Å². The van der Waals surface area contributed by atoms with Crippen molar-refractivity contribution < 1.29 is 65.7 Å². The molecule has 18 heavy (non-hydrogen) atoms. The van der Waals surface area contributed by atoms with Gasteiger partial charge in [-0.15, -0.1) is 0 Å². The summed E-state index contributed by atoms with van der Waals surface area (Å²) >= 11 is 0. The largest absolute Gasteiger partial charge is 0.693 e. The van der Waals surface area contributed by atoms with Gasteiger partial charge in [-0.1, -0.05) is 11.8 Å². The molecule has 0 bridgehead atoms. The Morgan fingerprint density at radius 2 is 1.94 bits per heavy atom. The molecule has 2 rings (SSSR count). The van der Waals surface area contributed by atoms with Crippen LogP contribution < -0.4 is 0 Å². The zero-order chi connectivity index (χ0) is 11.5. The zero-order valence-corrected chi connectivity index (χ0v) is 13.8. The van der Waals surface area contributed by atoms with Crippen molar-refractivity contribution >= 4 is 11.4 Å². The molecule has 8 heteroatoms. The van der Waals surface area contributed by atoms with Crippen LogP contribution in [-0.2, 0) is 60.7 Å². The maximum Gasteiger partial charge on any atom is 0.254 e. The first-order valence-electron chi connectivity index (χ1n) is 4.91. The van der Waals surface area contributed by atoms with Gasteiger partial charge in [-0.05, 0) is 12.5 Å². The molecule has 0 aliphatic carbocycles. The second kappa shape index (κ2) is 8.25. The van der Waals surface area contributed by atoms with Crippen molar-refractivity contribution in [1.29, 1.82) is 0 Å². The molecule has 0 spiro atoms. The van der Waals surface area contributed by atoms with Gasteiger partial charge in [-0.2, -0.15) is 0 Å². The van der Waals surface area contributed by atoms with E-state index >= 15 is 0 Å². The summed E-state index contributed by atoms with van der Waals surface area (Å²) < 4.78 is 10.7. The van der Waals surface area contributed by atoms with E-state index in [0.717, 1.165) is 6.42 Å². The molecule has 1 N–H and O–H groups in total. The van der Waals surface area contributed by atoms with Gasteiger partial charge in [0.1, 0.15) is 0 Å². The molecule has 1 heterocycles. The van der Waals surface area contributed by atoms with Crippen molar-refractivity contribution in [3.05, 3.63) is 39.6 Å². The number of nitrogens with zero attached hydrogens (tertiary/aromatic N) is 1. The summed E-state index contributed by atoms with van der Waals surface area (Å²) in [5, 5.41) is 10.5. The molecule has 2 radical (unpaired) electrons. The third-order valence-electron chi connectivity index (χ3n) is 2.32. The first-order valence-corrected chi connectivity index (χ1v) is 4.91. The predicted octanol–water partition coefficient (Wildman–Crippen LogP) is 2.71. The summed E-state index contributed by atoms with van der Waals surface area (Å²) in [5.41, 5.74) is 7.82. The number of benzene rings is 1. The van der Waals surface area contributed by atoms with Gasteiger partial charge in [-0.25, -0.2) is 0 Å². The van der Waals surface area contributed by atoms with Gasteiger partial charge in [-0.3, -0.25) is 10.1 Å². The summed E-state index contributed by atoms with van der Waals surface area (Å²) in [4.78, 5) is 9.96. The summed E-state index contributed by atoms with van der Waals surface area (Å²) in [6.45, 7) is 1.21. The van der Waals surface area contributed by atoms with Gasteiger partial charge in [0, 0.05) is 62.9 Å². The molecule has 1 saturated heterocycles. The van der Waals surface area contributed by atoms with Gasteiger partial charge in [0.25, 0.3) is 5.69 Å². The molecular weight excluding hydrogens is 352 g/mol. The third kappa shape index (κ3) is 4.30. The van der Waals surface area contributed by atoms with Crippen LogP contribution in [0.15, 0.2) is 18.2 Å². The molecule has 0 aromatic heterocycles. The molecule has 1 aliphatic rings. The summed E-state index contributed by atoms with van der Waals surface area (Å²) in [6.07, 6.45) is 0.343. The number of ether oxygens (including phenoxy) is 2. The van der Waals surface area contributed by atoms with E-state index in [0.29, 0.717) is 18.8 Å². The van der Waals surface area contributed by atoms with E-state index in [1.54, 1.807) is 6.07 Å². The summed E-state index contributed by atoms with van der Waals surface area (Å²) in [5.74, 6) is 0. The second-order valence-corrected chi connectivity index (χ2v) is 3.46. The number of nitro groups is 1. The molecule has 1 aromatic carbocycles. The quantitative estimate of drug-likeness (QED) is 0.597. The van der Waals surface area contributed by atoms with Crippen molar-refractivity contribution in [2.24, 2.45) is 0 Å². The Balaban J connectivity index is 0.00000144. The average Bonchev–Trinajstić information content (AvgIpc) is 2.29. The van der Waals surface area contributed by atoms with Crippen LogP contribution >= 0.6 is 0 Å². The Hall–Kier alpha value is 0.0283. The van der Waals surface area contributed by atoms with Gasteiger partial charge in [0.15, 0.2) is 6.29 Å². The molecule has 0 saturated carbocycles. The number of hydrogen-bond acceptors (Lipinski definition) is 4. The molecule has 0 atom stereocenters. The minimum absolute atomic E-state index is 0. The number of hydrogen-bond donors (Lipinski definition) is 0. The van der Waals surface area contributed by atoms with E-state index in [9.17, 15) is 10.1 Å². The van der Waals surface area contributed by atoms with Crippen LogP contribution in [0.5, 0.6) is 0 Å². The fraction of sp³-hybridized carbons (Fsp3) is 0.400. The SMILES string of the molecule is [NH-]c1cc(C2OCCCO2)ccc1[N+](=O)[O-].[V].[Y]. The van der Waals surface area contributed by atoms with Crippen LogP contribution in [-0.4, -0.2) is 18.1 Å². The predicted molar refractivity (Wildman–Crippen MR) is 56.3 cm³/mol. The van der Waals surface area contributed by atoms with Crippen LogP contribution in [0.25, 0.3) is 5.73 Å².